The van der Waals surface area contributed by atoms with Gasteiger partial charge in [0.05, 0.1) is 30.6 Å². The van der Waals surface area contributed by atoms with Crippen molar-refractivity contribution in [3.05, 3.63) is 42.0 Å². The molecule has 0 spiro atoms. The van der Waals surface area contributed by atoms with Crippen LogP contribution in [0.5, 0.6) is 11.5 Å². The van der Waals surface area contributed by atoms with Crippen LogP contribution >= 0.6 is 11.8 Å². The van der Waals surface area contributed by atoms with Gasteiger partial charge in [-0.25, -0.2) is 8.42 Å². The molecule has 0 bridgehead atoms. The largest absolute Gasteiger partial charge is 0.497 e. The normalized spacial score (nSPS) is 17.0. The number of anilines is 1. The van der Waals surface area contributed by atoms with E-state index in [1.807, 2.05) is 0 Å². The second-order valence-electron chi connectivity index (χ2n) is 8.94. The van der Waals surface area contributed by atoms with Gasteiger partial charge in [0.15, 0.2) is 0 Å². The third-order valence-electron chi connectivity index (χ3n) is 6.52. The third kappa shape index (κ3) is 5.63. The fourth-order valence-corrected chi connectivity index (χ4v) is 6.71. The summed E-state index contributed by atoms with van der Waals surface area (Å²) in [4.78, 5) is 27.9. The molecule has 1 fully saturated rings. The molecule has 1 N–H and O–H groups in total. The molecule has 2 aromatic carbocycles. The number of thioether (sulfide) groups is 1. The molecule has 4 rings (SSSR count). The number of piperidine rings is 1. The summed E-state index contributed by atoms with van der Waals surface area (Å²) < 4.78 is 38.7. The van der Waals surface area contributed by atoms with Crippen LogP contribution in [0.4, 0.5) is 5.69 Å². The number of hydrogen-bond donors (Lipinski definition) is 1. The van der Waals surface area contributed by atoms with Crippen molar-refractivity contribution in [1.82, 2.24) is 9.62 Å². The molecule has 11 heteroatoms. The minimum atomic E-state index is -3.69. The zero-order valence-corrected chi connectivity index (χ0v) is 22.3. The summed E-state index contributed by atoms with van der Waals surface area (Å²) in [5.41, 5.74) is 1.17. The van der Waals surface area contributed by atoms with E-state index in [1.165, 1.54) is 27.0 Å². The number of ether oxygens (including phenoxy) is 2. The Kier molecular flexibility index (Phi) is 8.11. The maximum atomic E-state index is 13.3. The van der Waals surface area contributed by atoms with Gasteiger partial charge in [0.2, 0.25) is 21.8 Å². The molecule has 0 unspecified atom stereocenters. The van der Waals surface area contributed by atoms with Crippen LogP contribution in [-0.2, 0) is 26.2 Å². The molecular weight excluding hydrogens is 502 g/mol. The molecule has 0 radical (unpaired) electrons. The average molecular weight is 534 g/mol. The summed E-state index contributed by atoms with van der Waals surface area (Å²) >= 11 is 1.34. The molecule has 0 aliphatic carbocycles. The number of sulfonamides is 1. The van der Waals surface area contributed by atoms with Crippen LogP contribution in [0.2, 0.25) is 0 Å². The first-order valence-electron chi connectivity index (χ1n) is 11.8. The van der Waals surface area contributed by atoms with Crippen molar-refractivity contribution in [2.75, 3.05) is 44.5 Å². The number of rotatable bonds is 8. The Hall–Kier alpha value is -2.76. The molecular formula is C25H31N3O6S2. The summed E-state index contributed by atoms with van der Waals surface area (Å²) in [6, 6.07) is 10.1. The molecule has 36 heavy (non-hydrogen) atoms. The highest BCUT2D eigenvalue weighted by Gasteiger charge is 2.32. The van der Waals surface area contributed by atoms with Gasteiger partial charge in [-0.1, -0.05) is 6.92 Å². The van der Waals surface area contributed by atoms with E-state index in [1.54, 1.807) is 44.6 Å². The Morgan fingerprint density at radius 1 is 1.11 bits per heavy atom. The third-order valence-corrected chi connectivity index (χ3v) is 9.46. The first-order valence-corrected chi connectivity index (χ1v) is 14.2. The minimum absolute atomic E-state index is 0.137. The highest BCUT2D eigenvalue weighted by molar-refractivity contribution is 8.00. The summed E-state index contributed by atoms with van der Waals surface area (Å²) in [7, 11) is -0.586. The fourth-order valence-electron chi connectivity index (χ4n) is 4.30. The molecule has 0 saturated carbocycles. The Labute approximate surface area is 216 Å². The van der Waals surface area contributed by atoms with E-state index in [2.05, 4.69) is 12.2 Å². The summed E-state index contributed by atoms with van der Waals surface area (Å²) in [6.07, 6.45) is 1.64. The Morgan fingerprint density at radius 2 is 1.86 bits per heavy atom. The minimum Gasteiger partial charge on any atom is -0.497 e. The highest BCUT2D eigenvalue weighted by atomic mass is 32.2. The molecule has 194 valence electrons. The number of nitrogens with zero attached hydrogens (tertiary/aromatic N) is 2. The summed E-state index contributed by atoms with van der Waals surface area (Å²) in [5.74, 6) is 1.30. The molecule has 2 amide bonds. The summed E-state index contributed by atoms with van der Waals surface area (Å²) in [6.45, 7) is 3.05. The van der Waals surface area contributed by atoms with Crippen LogP contribution in [0.15, 0.2) is 46.2 Å². The van der Waals surface area contributed by atoms with Crippen LogP contribution < -0.4 is 19.7 Å². The quantitative estimate of drug-likeness (QED) is 0.556. The monoisotopic (exact) mass is 533 g/mol. The van der Waals surface area contributed by atoms with Gasteiger partial charge in [-0.05, 0) is 55.2 Å². The van der Waals surface area contributed by atoms with Crippen molar-refractivity contribution in [2.45, 2.75) is 36.1 Å². The van der Waals surface area contributed by atoms with Crippen molar-refractivity contribution in [3.63, 3.8) is 0 Å². The predicted octanol–water partition coefficient (Wildman–Crippen LogP) is 2.88. The van der Waals surface area contributed by atoms with Crippen molar-refractivity contribution >= 4 is 39.3 Å². The maximum Gasteiger partial charge on any atom is 0.243 e. The first-order chi connectivity index (χ1) is 17.2. The molecule has 2 aliphatic rings. The lowest BCUT2D eigenvalue weighted by Crippen LogP contribution is -2.43. The van der Waals surface area contributed by atoms with E-state index >= 15 is 0 Å². The van der Waals surface area contributed by atoms with Gasteiger partial charge in [0.1, 0.15) is 18.0 Å². The van der Waals surface area contributed by atoms with E-state index in [9.17, 15) is 18.0 Å². The van der Waals surface area contributed by atoms with E-state index in [4.69, 9.17) is 9.47 Å². The number of hydrogen-bond acceptors (Lipinski definition) is 7. The summed E-state index contributed by atoms with van der Waals surface area (Å²) in [5, 5.41) is 2.82. The molecule has 0 aromatic heterocycles. The van der Waals surface area contributed by atoms with Crippen LogP contribution in [0.3, 0.4) is 0 Å². The van der Waals surface area contributed by atoms with Gasteiger partial charge in [0, 0.05) is 30.1 Å². The predicted molar refractivity (Wildman–Crippen MR) is 138 cm³/mol. The van der Waals surface area contributed by atoms with E-state index < -0.39 is 10.0 Å². The van der Waals surface area contributed by atoms with Crippen LogP contribution in [0, 0.1) is 5.92 Å². The number of benzene rings is 2. The SMILES string of the molecule is COc1ccc(OC)c(CNC(=O)CN2C(=O)CSc3ccc(S(=O)(=O)N4CCC(C)CC4)cc32)c1. The van der Waals surface area contributed by atoms with E-state index in [-0.39, 0.29) is 35.6 Å². The van der Waals surface area contributed by atoms with Crippen LogP contribution in [0.25, 0.3) is 0 Å². The molecule has 0 atom stereocenters. The van der Waals surface area contributed by atoms with Crippen molar-refractivity contribution in [1.29, 1.82) is 0 Å². The lowest BCUT2D eigenvalue weighted by molar-refractivity contribution is -0.123. The van der Waals surface area contributed by atoms with Gasteiger partial charge in [-0.2, -0.15) is 4.31 Å². The van der Waals surface area contributed by atoms with Gasteiger partial charge >= 0.3 is 0 Å². The van der Waals surface area contributed by atoms with Crippen molar-refractivity contribution in [3.8, 4) is 11.5 Å². The number of carbonyl (C=O) groups is 2. The number of methoxy groups -OCH3 is 2. The topological polar surface area (TPSA) is 105 Å². The lowest BCUT2D eigenvalue weighted by atomic mass is 10.0. The number of carbonyl (C=O) groups excluding carboxylic acids is 2. The average Bonchev–Trinajstić information content (AvgIpc) is 2.88. The second kappa shape index (κ2) is 11.1. The standard InChI is InChI=1S/C25H31N3O6S2/c1-17-8-10-27(11-9-17)36(31,32)20-5-7-23-21(13-20)28(25(30)16-35-23)15-24(29)26-14-18-12-19(33-2)4-6-22(18)34-3/h4-7,12-13,17H,8-11,14-16H2,1-3H3,(H,26,29). The Bertz CT molecular complexity index is 1240. The second-order valence-corrected chi connectivity index (χ2v) is 11.9. The first kappa shape index (κ1) is 26.3. The maximum absolute atomic E-state index is 13.3. The van der Waals surface area contributed by atoms with Crippen LogP contribution in [0.1, 0.15) is 25.3 Å². The number of fused-ring (bicyclic) bond motifs is 1. The number of amides is 2. The lowest BCUT2D eigenvalue weighted by Gasteiger charge is -2.31. The molecule has 2 aliphatic heterocycles. The smallest absolute Gasteiger partial charge is 0.243 e. The van der Waals surface area contributed by atoms with Crippen molar-refractivity contribution in [2.24, 2.45) is 5.92 Å². The van der Waals surface area contributed by atoms with Gasteiger partial charge < -0.3 is 19.7 Å². The van der Waals surface area contributed by atoms with Crippen LogP contribution in [-0.4, -0.2) is 64.1 Å². The van der Waals surface area contributed by atoms with Crippen molar-refractivity contribution < 1.29 is 27.5 Å². The fraction of sp³-hybridized carbons (Fsp3) is 0.440. The van der Waals surface area contributed by atoms with E-state index in [0.29, 0.717) is 36.2 Å². The Morgan fingerprint density at radius 3 is 2.56 bits per heavy atom. The van der Waals surface area contributed by atoms with E-state index in [0.717, 1.165) is 23.3 Å². The molecule has 2 aromatic rings. The van der Waals surface area contributed by atoms with Gasteiger partial charge in [0.25, 0.3) is 0 Å². The Balaban J connectivity index is 1.51. The zero-order chi connectivity index (χ0) is 25.9. The molecule has 9 nitrogen and oxygen atoms in total. The van der Waals surface area contributed by atoms with Gasteiger partial charge in [-0.3, -0.25) is 9.59 Å². The number of nitrogens with one attached hydrogen (secondary N) is 1. The molecule has 2 heterocycles. The molecule has 1 saturated heterocycles. The highest BCUT2D eigenvalue weighted by Crippen LogP contribution is 2.37. The van der Waals surface area contributed by atoms with Gasteiger partial charge in [-0.15, -0.1) is 11.8 Å². The zero-order valence-electron chi connectivity index (χ0n) is 20.7.